The molecule has 0 saturated heterocycles. The van der Waals surface area contributed by atoms with E-state index in [1.54, 1.807) is 24.8 Å². The van der Waals surface area contributed by atoms with Crippen molar-refractivity contribution in [1.82, 2.24) is 14.5 Å². The summed E-state index contributed by atoms with van der Waals surface area (Å²) in [7, 11) is 0. The number of aromatic nitrogens is 3. The molecule has 0 unspecified atom stereocenters. The fraction of sp³-hybridized carbons (Fsp3) is 0.0667. The summed E-state index contributed by atoms with van der Waals surface area (Å²) in [5.74, 6) is 0. The van der Waals surface area contributed by atoms with Crippen LogP contribution in [0.2, 0.25) is 0 Å². The van der Waals surface area contributed by atoms with E-state index in [1.165, 1.54) is 5.56 Å². The summed E-state index contributed by atoms with van der Waals surface area (Å²) >= 11 is 3.57. The van der Waals surface area contributed by atoms with Gasteiger partial charge in [0.2, 0.25) is 0 Å². The van der Waals surface area contributed by atoms with E-state index in [9.17, 15) is 0 Å². The quantitative estimate of drug-likeness (QED) is 0.802. The zero-order valence-corrected chi connectivity index (χ0v) is 12.3. The number of rotatable bonds is 3. The molecule has 0 aliphatic carbocycles. The first kappa shape index (κ1) is 12.9. The number of hydrogen-bond donors (Lipinski definition) is 1. The van der Waals surface area contributed by atoms with Gasteiger partial charge in [-0.1, -0.05) is 34.1 Å². The minimum absolute atomic E-state index is 0.703. The molecule has 0 aliphatic rings. The lowest BCUT2D eigenvalue weighted by molar-refractivity contribution is 0.801. The Morgan fingerprint density at radius 3 is 2.75 bits per heavy atom. The van der Waals surface area contributed by atoms with Gasteiger partial charge in [0.05, 0.1) is 24.8 Å². The van der Waals surface area contributed by atoms with Crippen molar-refractivity contribution in [3.63, 3.8) is 0 Å². The smallest absolute Gasteiger partial charge is 0.0954 e. The summed E-state index contributed by atoms with van der Waals surface area (Å²) in [5, 5.41) is 0. The number of pyridine rings is 1. The van der Waals surface area contributed by atoms with Crippen LogP contribution in [-0.4, -0.2) is 14.5 Å². The van der Waals surface area contributed by atoms with Crippen molar-refractivity contribution in [3.05, 3.63) is 65.3 Å². The van der Waals surface area contributed by atoms with Crippen LogP contribution in [-0.2, 0) is 6.54 Å². The van der Waals surface area contributed by atoms with E-state index in [-0.39, 0.29) is 0 Å². The minimum atomic E-state index is 0.703. The van der Waals surface area contributed by atoms with Gasteiger partial charge in [-0.15, -0.1) is 0 Å². The Morgan fingerprint density at radius 2 is 1.95 bits per heavy atom. The van der Waals surface area contributed by atoms with Gasteiger partial charge in [-0.25, -0.2) is 4.98 Å². The number of halogens is 1. The number of nitrogens with two attached hydrogens (primary N) is 1. The molecule has 0 radical (unpaired) electrons. The molecule has 5 heteroatoms. The van der Waals surface area contributed by atoms with Gasteiger partial charge >= 0.3 is 0 Å². The molecule has 0 aliphatic heterocycles. The second kappa shape index (κ2) is 5.46. The van der Waals surface area contributed by atoms with Crippen molar-refractivity contribution < 1.29 is 0 Å². The Labute approximate surface area is 125 Å². The van der Waals surface area contributed by atoms with Gasteiger partial charge in [-0.05, 0) is 17.7 Å². The van der Waals surface area contributed by atoms with E-state index in [2.05, 4.69) is 36.5 Å². The fourth-order valence-corrected chi connectivity index (χ4v) is 2.51. The van der Waals surface area contributed by atoms with Gasteiger partial charge in [-0.2, -0.15) is 0 Å². The molecule has 2 heterocycles. The first-order chi connectivity index (χ1) is 9.75. The maximum absolute atomic E-state index is 6.01. The SMILES string of the molecule is Nc1ccncc1-c1cncn1Cc1ccccc1Br. The van der Waals surface area contributed by atoms with Crippen LogP contribution in [0.5, 0.6) is 0 Å². The zero-order chi connectivity index (χ0) is 13.9. The van der Waals surface area contributed by atoms with Gasteiger partial charge in [0.1, 0.15) is 0 Å². The summed E-state index contributed by atoms with van der Waals surface area (Å²) in [5.41, 5.74) is 9.77. The highest BCUT2D eigenvalue weighted by Gasteiger charge is 2.09. The topological polar surface area (TPSA) is 56.7 Å². The van der Waals surface area contributed by atoms with Crippen molar-refractivity contribution in [2.45, 2.75) is 6.54 Å². The fourth-order valence-electron chi connectivity index (χ4n) is 2.10. The van der Waals surface area contributed by atoms with E-state index in [0.29, 0.717) is 5.69 Å². The lowest BCUT2D eigenvalue weighted by Crippen LogP contribution is -2.02. The van der Waals surface area contributed by atoms with Gasteiger partial charge in [0.15, 0.2) is 0 Å². The molecule has 1 aromatic carbocycles. The van der Waals surface area contributed by atoms with Gasteiger partial charge in [-0.3, -0.25) is 4.98 Å². The monoisotopic (exact) mass is 328 g/mol. The van der Waals surface area contributed by atoms with Crippen molar-refractivity contribution in [2.24, 2.45) is 0 Å². The van der Waals surface area contributed by atoms with Gasteiger partial charge < -0.3 is 10.3 Å². The Balaban J connectivity index is 2.00. The maximum Gasteiger partial charge on any atom is 0.0954 e. The molecule has 3 rings (SSSR count). The summed E-state index contributed by atoms with van der Waals surface area (Å²) in [6.07, 6.45) is 7.07. The first-order valence-corrected chi connectivity index (χ1v) is 6.98. The molecule has 2 N–H and O–H groups in total. The van der Waals surface area contributed by atoms with Crippen LogP contribution in [0.25, 0.3) is 11.3 Å². The number of benzene rings is 1. The summed E-state index contributed by atoms with van der Waals surface area (Å²) in [6.45, 7) is 0.727. The Hall–Kier alpha value is -2.14. The van der Waals surface area contributed by atoms with Crippen LogP contribution >= 0.6 is 15.9 Å². The van der Waals surface area contributed by atoms with Crippen LogP contribution < -0.4 is 5.73 Å². The average Bonchev–Trinajstić information content (AvgIpc) is 2.90. The number of nitrogen functional groups attached to an aromatic ring is 1. The van der Waals surface area contributed by atoms with Gasteiger partial charge in [0.25, 0.3) is 0 Å². The Kier molecular flexibility index (Phi) is 3.52. The molecule has 0 saturated carbocycles. The molecule has 0 atom stereocenters. The number of imidazole rings is 1. The Morgan fingerprint density at radius 1 is 1.10 bits per heavy atom. The van der Waals surface area contributed by atoms with Crippen LogP contribution in [0, 0.1) is 0 Å². The highest BCUT2D eigenvalue weighted by Crippen LogP contribution is 2.26. The van der Waals surface area contributed by atoms with Crippen molar-refractivity contribution in [3.8, 4) is 11.3 Å². The maximum atomic E-state index is 6.01. The lowest BCUT2D eigenvalue weighted by Gasteiger charge is -2.11. The molecule has 0 spiro atoms. The van der Waals surface area contributed by atoms with Crippen LogP contribution in [0.3, 0.4) is 0 Å². The zero-order valence-electron chi connectivity index (χ0n) is 10.7. The third-order valence-corrected chi connectivity index (χ3v) is 3.92. The van der Waals surface area contributed by atoms with E-state index in [4.69, 9.17) is 5.73 Å². The molecule has 4 nitrogen and oxygen atoms in total. The Bertz CT molecular complexity index is 736. The minimum Gasteiger partial charge on any atom is -0.398 e. The van der Waals surface area contributed by atoms with Crippen molar-refractivity contribution >= 4 is 21.6 Å². The predicted octanol–water partition coefficient (Wildman–Crippen LogP) is 3.34. The summed E-state index contributed by atoms with van der Waals surface area (Å²) in [4.78, 5) is 8.37. The van der Waals surface area contributed by atoms with Crippen molar-refractivity contribution in [1.29, 1.82) is 0 Å². The third kappa shape index (κ3) is 2.44. The molecular formula is C15H13BrN4. The highest BCUT2D eigenvalue weighted by atomic mass is 79.9. The second-order valence-electron chi connectivity index (χ2n) is 4.46. The van der Waals surface area contributed by atoms with Crippen molar-refractivity contribution in [2.75, 3.05) is 5.73 Å². The van der Waals surface area contributed by atoms with E-state index < -0.39 is 0 Å². The normalized spacial score (nSPS) is 10.7. The standard InChI is InChI=1S/C15H13BrN4/c16-13-4-2-1-3-11(13)9-20-10-19-8-15(20)12-7-18-6-5-14(12)17/h1-8,10H,9H2,(H2,17,18). The second-order valence-corrected chi connectivity index (χ2v) is 5.32. The van der Waals surface area contributed by atoms with Crippen LogP contribution in [0.4, 0.5) is 5.69 Å². The molecule has 0 fully saturated rings. The first-order valence-electron chi connectivity index (χ1n) is 6.19. The molecule has 100 valence electrons. The van der Waals surface area contributed by atoms with Crippen LogP contribution in [0.15, 0.2) is 59.7 Å². The molecular weight excluding hydrogens is 316 g/mol. The molecule has 0 amide bonds. The largest absolute Gasteiger partial charge is 0.398 e. The van der Waals surface area contributed by atoms with E-state index >= 15 is 0 Å². The summed E-state index contributed by atoms with van der Waals surface area (Å²) in [6, 6.07) is 9.94. The predicted molar refractivity (Wildman–Crippen MR) is 83.1 cm³/mol. The third-order valence-electron chi connectivity index (χ3n) is 3.14. The number of hydrogen-bond acceptors (Lipinski definition) is 3. The summed E-state index contributed by atoms with van der Waals surface area (Å²) < 4.78 is 3.15. The molecule has 20 heavy (non-hydrogen) atoms. The van der Waals surface area contributed by atoms with E-state index in [0.717, 1.165) is 22.3 Å². The van der Waals surface area contributed by atoms with Crippen LogP contribution in [0.1, 0.15) is 5.56 Å². The van der Waals surface area contributed by atoms with Gasteiger partial charge in [0, 0.05) is 28.1 Å². The molecule has 3 aromatic rings. The average molecular weight is 329 g/mol. The number of nitrogens with zero attached hydrogens (tertiary/aromatic N) is 3. The lowest BCUT2D eigenvalue weighted by atomic mass is 10.1. The highest BCUT2D eigenvalue weighted by molar-refractivity contribution is 9.10. The van der Waals surface area contributed by atoms with E-state index in [1.807, 2.05) is 24.4 Å². The molecule has 2 aromatic heterocycles. The molecule has 0 bridgehead atoms. The number of anilines is 1.